The van der Waals surface area contributed by atoms with Crippen LogP contribution in [0, 0.1) is 18.3 Å². The predicted octanol–water partition coefficient (Wildman–Crippen LogP) is 5.80. The number of carboxylic acid groups (broad SMARTS) is 1. The SMILES string of the molecule is Cc1cc(CCC(=O)O)ccc1-c1nnc(-c2ccc(-c3cccs3)c(C#N)c2)s1. The number of carboxylic acids is 1. The lowest BCUT2D eigenvalue weighted by Crippen LogP contribution is -1.98. The van der Waals surface area contributed by atoms with Crippen molar-refractivity contribution >= 4 is 28.6 Å². The second kappa shape index (κ2) is 8.57. The van der Waals surface area contributed by atoms with Crippen LogP contribution in [0.1, 0.15) is 23.1 Å². The molecule has 0 spiro atoms. The van der Waals surface area contributed by atoms with Gasteiger partial charge in [0.1, 0.15) is 10.0 Å². The van der Waals surface area contributed by atoms with Crippen LogP contribution in [0.5, 0.6) is 0 Å². The molecule has 2 heterocycles. The fourth-order valence-electron chi connectivity index (χ4n) is 3.24. The number of thiophene rings is 1. The molecule has 0 fully saturated rings. The average Bonchev–Trinajstić information content (AvgIpc) is 3.44. The fraction of sp³-hybridized carbons (Fsp3) is 0.130. The first-order valence-electron chi connectivity index (χ1n) is 9.29. The van der Waals surface area contributed by atoms with Gasteiger partial charge in [-0.1, -0.05) is 47.7 Å². The molecule has 0 radical (unpaired) electrons. The first kappa shape index (κ1) is 20.0. The van der Waals surface area contributed by atoms with Crippen LogP contribution in [0.4, 0.5) is 0 Å². The Morgan fingerprint density at radius 3 is 2.60 bits per heavy atom. The minimum atomic E-state index is -0.799. The van der Waals surface area contributed by atoms with Gasteiger partial charge in [0.25, 0.3) is 0 Å². The molecule has 0 atom stereocenters. The summed E-state index contributed by atoms with van der Waals surface area (Å²) in [5.74, 6) is -0.799. The number of carbonyl (C=O) groups is 1. The third-order valence-electron chi connectivity index (χ3n) is 4.75. The van der Waals surface area contributed by atoms with Gasteiger partial charge in [0.15, 0.2) is 0 Å². The molecular formula is C23H17N3O2S2. The van der Waals surface area contributed by atoms with E-state index in [1.165, 1.54) is 11.3 Å². The Labute approximate surface area is 181 Å². The molecule has 4 aromatic rings. The maximum Gasteiger partial charge on any atom is 0.303 e. The third kappa shape index (κ3) is 4.15. The lowest BCUT2D eigenvalue weighted by Gasteiger charge is -2.05. The molecule has 1 N–H and O–H groups in total. The molecule has 30 heavy (non-hydrogen) atoms. The van der Waals surface area contributed by atoms with E-state index in [1.54, 1.807) is 11.3 Å². The van der Waals surface area contributed by atoms with Gasteiger partial charge < -0.3 is 5.11 Å². The van der Waals surface area contributed by atoms with Gasteiger partial charge in [-0.05, 0) is 42.0 Å². The molecule has 0 amide bonds. The van der Waals surface area contributed by atoms with E-state index in [4.69, 9.17) is 5.11 Å². The minimum absolute atomic E-state index is 0.116. The summed E-state index contributed by atoms with van der Waals surface area (Å²) in [6.45, 7) is 1.99. The summed E-state index contributed by atoms with van der Waals surface area (Å²) in [5.41, 5.74) is 5.41. The van der Waals surface area contributed by atoms with Crippen LogP contribution in [0.3, 0.4) is 0 Å². The molecule has 0 bridgehead atoms. The zero-order chi connectivity index (χ0) is 21.1. The van der Waals surface area contributed by atoms with Crippen LogP contribution >= 0.6 is 22.7 Å². The van der Waals surface area contributed by atoms with E-state index in [0.717, 1.165) is 42.7 Å². The Balaban J connectivity index is 1.62. The van der Waals surface area contributed by atoms with Gasteiger partial charge in [0.2, 0.25) is 0 Å². The Hall–Kier alpha value is -3.34. The van der Waals surface area contributed by atoms with Crippen LogP contribution in [0.15, 0.2) is 53.9 Å². The Kier molecular flexibility index (Phi) is 5.70. The number of benzene rings is 2. The molecule has 0 saturated heterocycles. The number of aromatic nitrogens is 2. The van der Waals surface area contributed by atoms with Crippen LogP contribution < -0.4 is 0 Å². The summed E-state index contributed by atoms with van der Waals surface area (Å²) in [6.07, 6.45) is 0.621. The van der Waals surface area contributed by atoms with E-state index in [2.05, 4.69) is 16.3 Å². The summed E-state index contributed by atoms with van der Waals surface area (Å²) >= 11 is 3.08. The van der Waals surface area contributed by atoms with Gasteiger partial charge in [0, 0.05) is 28.0 Å². The summed E-state index contributed by atoms with van der Waals surface area (Å²) in [4.78, 5) is 11.8. The van der Waals surface area contributed by atoms with E-state index in [9.17, 15) is 10.1 Å². The van der Waals surface area contributed by atoms with Crippen molar-refractivity contribution in [3.05, 3.63) is 70.6 Å². The maximum atomic E-state index is 10.8. The van der Waals surface area contributed by atoms with Crippen molar-refractivity contribution in [2.24, 2.45) is 0 Å². The van der Waals surface area contributed by atoms with Gasteiger partial charge in [-0.25, -0.2) is 0 Å². The lowest BCUT2D eigenvalue weighted by atomic mass is 10.0. The minimum Gasteiger partial charge on any atom is -0.481 e. The number of aryl methyl sites for hydroxylation is 2. The van der Waals surface area contributed by atoms with Crippen LogP contribution in [-0.4, -0.2) is 21.3 Å². The quantitative estimate of drug-likeness (QED) is 0.417. The molecule has 0 saturated carbocycles. The highest BCUT2D eigenvalue weighted by atomic mass is 32.1. The van der Waals surface area contributed by atoms with Crippen molar-refractivity contribution in [3.8, 4) is 37.7 Å². The van der Waals surface area contributed by atoms with E-state index in [-0.39, 0.29) is 6.42 Å². The van der Waals surface area contributed by atoms with Crippen LogP contribution in [0.2, 0.25) is 0 Å². The largest absolute Gasteiger partial charge is 0.481 e. The highest BCUT2D eigenvalue weighted by Crippen LogP contribution is 2.35. The number of aliphatic carboxylic acids is 1. The Morgan fingerprint density at radius 2 is 1.90 bits per heavy atom. The number of nitrogens with zero attached hydrogens (tertiary/aromatic N) is 3. The first-order valence-corrected chi connectivity index (χ1v) is 11.0. The van der Waals surface area contributed by atoms with Crippen molar-refractivity contribution in [1.29, 1.82) is 5.26 Å². The zero-order valence-corrected chi connectivity index (χ0v) is 17.8. The maximum absolute atomic E-state index is 10.8. The number of rotatable bonds is 6. The van der Waals surface area contributed by atoms with Gasteiger partial charge in [-0.2, -0.15) is 5.26 Å². The van der Waals surface area contributed by atoms with Gasteiger partial charge in [0.05, 0.1) is 11.6 Å². The normalized spacial score (nSPS) is 10.7. The molecule has 5 nitrogen and oxygen atoms in total. The van der Waals surface area contributed by atoms with Crippen molar-refractivity contribution in [2.75, 3.05) is 0 Å². The van der Waals surface area contributed by atoms with Crippen molar-refractivity contribution in [1.82, 2.24) is 10.2 Å². The van der Waals surface area contributed by atoms with Gasteiger partial charge in [-0.3, -0.25) is 4.79 Å². The standard InChI is InChI=1S/C23H17N3O2S2/c1-14-11-15(5-9-21(27)28)4-7-18(14)23-26-25-22(30-23)16-6-8-19(17(12-16)13-24)20-3-2-10-29-20/h2-4,6-8,10-12H,5,9H2,1H3,(H,27,28). The number of hydrogen-bond acceptors (Lipinski definition) is 6. The van der Waals surface area contributed by atoms with E-state index < -0.39 is 5.97 Å². The molecule has 148 valence electrons. The highest BCUT2D eigenvalue weighted by Gasteiger charge is 2.14. The van der Waals surface area contributed by atoms with Crippen molar-refractivity contribution in [2.45, 2.75) is 19.8 Å². The van der Waals surface area contributed by atoms with E-state index in [0.29, 0.717) is 12.0 Å². The lowest BCUT2D eigenvalue weighted by molar-refractivity contribution is -0.136. The third-order valence-corrected chi connectivity index (χ3v) is 6.66. The molecule has 7 heteroatoms. The van der Waals surface area contributed by atoms with Crippen LogP contribution in [0.25, 0.3) is 31.6 Å². The highest BCUT2D eigenvalue weighted by molar-refractivity contribution is 7.18. The molecule has 4 rings (SSSR count). The van der Waals surface area contributed by atoms with Gasteiger partial charge >= 0.3 is 5.97 Å². The van der Waals surface area contributed by atoms with Crippen molar-refractivity contribution < 1.29 is 9.90 Å². The first-order chi connectivity index (χ1) is 14.5. The van der Waals surface area contributed by atoms with E-state index in [1.807, 2.05) is 60.8 Å². The monoisotopic (exact) mass is 431 g/mol. The van der Waals surface area contributed by atoms with Crippen molar-refractivity contribution in [3.63, 3.8) is 0 Å². The predicted molar refractivity (Wildman–Crippen MR) is 120 cm³/mol. The molecule has 0 unspecified atom stereocenters. The summed E-state index contributed by atoms with van der Waals surface area (Å²) in [7, 11) is 0. The molecule has 0 aliphatic heterocycles. The van der Waals surface area contributed by atoms with Gasteiger partial charge in [-0.15, -0.1) is 21.5 Å². The molecular weight excluding hydrogens is 414 g/mol. The number of nitriles is 1. The summed E-state index contributed by atoms with van der Waals surface area (Å²) in [5, 5.41) is 30.7. The average molecular weight is 432 g/mol. The summed E-state index contributed by atoms with van der Waals surface area (Å²) < 4.78 is 0. The van der Waals surface area contributed by atoms with E-state index >= 15 is 0 Å². The smallest absolute Gasteiger partial charge is 0.303 e. The second-order valence-electron chi connectivity index (χ2n) is 6.80. The Morgan fingerprint density at radius 1 is 1.10 bits per heavy atom. The number of hydrogen-bond donors (Lipinski definition) is 1. The zero-order valence-electron chi connectivity index (χ0n) is 16.1. The molecule has 2 aromatic heterocycles. The fourth-order valence-corrected chi connectivity index (χ4v) is 4.93. The second-order valence-corrected chi connectivity index (χ2v) is 8.73. The Bertz CT molecular complexity index is 1250. The van der Waals surface area contributed by atoms with Crippen LogP contribution in [-0.2, 0) is 11.2 Å². The molecule has 2 aromatic carbocycles. The molecule has 0 aliphatic carbocycles. The summed E-state index contributed by atoms with van der Waals surface area (Å²) in [6, 6.07) is 18.0. The molecule has 0 aliphatic rings. The topological polar surface area (TPSA) is 86.9 Å².